The molecule has 0 amide bonds. The van der Waals surface area contributed by atoms with Crippen LogP contribution in [-0.4, -0.2) is 47.2 Å². The summed E-state index contributed by atoms with van der Waals surface area (Å²) in [7, 11) is 1.77. The standard InChI is InChI=1S/C16H22N2O.C13H17NO2.C2H6/c1-12-10-15(19-2)14(13-6-7-17-16(12)13)11-18-8-4-3-5-9-18;1-13(2)7-11(8-13)14-10-5-3-4-9(6-10)12(15)16;1-2/h6-7,10,17H,3-5,8-9,11H2,1-2H3;3-6,11,14H,7-8H2,1-2H3,(H,15,16);1-2H3. The molecular weight excluding hydrogens is 462 g/mol. The first-order valence-electron chi connectivity index (χ1n) is 13.7. The van der Waals surface area contributed by atoms with Gasteiger partial charge in [-0.2, -0.15) is 0 Å². The Hall–Kier alpha value is -2.99. The molecule has 6 heteroatoms. The lowest BCUT2D eigenvalue weighted by atomic mass is 9.68. The molecule has 1 saturated carbocycles. The first-order valence-corrected chi connectivity index (χ1v) is 13.7. The van der Waals surface area contributed by atoms with Crippen molar-refractivity contribution >= 4 is 22.6 Å². The number of rotatable bonds is 6. The van der Waals surface area contributed by atoms with Gasteiger partial charge in [0.1, 0.15) is 5.75 Å². The van der Waals surface area contributed by atoms with Crippen molar-refractivity contribution in [3.8, 4) is 5.75 Å². The zero-order valence-electron chi connectivity index (χ0n) is 23.5. The second-order valence-electron chi connectivity index (χ2n) is 10.8. The molecule has 1 saturated heterocycles. The predicted molar refractivity (Wildman–Crippen MR) is 154 cm³/mol. The number of carboxylic acid groups (broad SMARTS) is 1. The highest BCUT2D eigenvalue weighted by Crippen LogP contribution is 2.41. The van der Waals surface area contributed by atoms with Crippen molar-refractivity contribution in [2.24, 2.45) is 5.41 Å². The largest absolute Gasteiger partial charge is 0.496 e. The third-order valence-corrected chi connectivity index (χ3v) is 7.24. The number of methoxy groups -OCH3 is 1. The number of fused-ring (bicyclic) bond motifs is 1. The second-order valence-corrected chi connectivity index (χ2v) is 10.8. The fourth-order valence-corrected chi connectivity index (χ4v) is 5.48. The summed E-state index contributed by atoms with van der Waals surface area (Å²) in [6.07, 6.45) is 8.33. The van der Waals surface area contributed by atoms with Crippen LogP contribution in [0.5, 0.6) is 5.75 Å². The Balaban J connectivity index is 0.000000195. The van der Waals surface area contributed by atoms with Crippen LogP contribution in [-0.2, 0) is 6.54 Å². The van der Waals surface area contributed by atoms with Crippen molar-refractivity contribution in [3.63, 3.8) is 0 Å². The van der Waals surface area contributed by atoms with Crippen molar-refractivity contribution in [1.82, 2.24) is 9.88 Å². The molecule has 3 N–H and O–H groups in total. The third-order valence-electron chi connectivity index (χ3n) is 7.24. The Bertz CT molecular complexity index is 1150. The van der Waals surface area contributed by atoms with Gasteiger partial charge in [-0.1, -0.05) is 40.2 Å². The molecule has 0 unspecified atom stereocenters. The van der Waals surface area contributed by atoms with Gasteiger partial charge in [0.25, 0.3) is 0 Å². The van der Waals surface area contributed by atoms with Crippen LogP contribution in [0.25, 0.3) is 10.9 Å². The molecule has 2 aliphatic rings. The Morgan fingerprint density at radius 3 is 2.46 bits per heavy atom. The number of carbonyl (C=O) groups is 1. The lowest BCUT2D eigenvalue weighted by molar-refractivity contribution is 0.0697. The van der Waals surface area contributed by atoms with Crippen LogP contribution in [0.15, 0.2) is 42.6 Å². The van der Waals surface area contributed by atoms with Gasteiger partial charge in [0.2, 0.25) is 0 Å². The molecule has 0 atom stereocenters. The van der Waals surface area contributed by atoms with E-state index < -0.39 is 5.97 Å². The van der Waals surface area contributed by atoms with Crippen molar-refractivity contribution in [2.75, 3.05) is 25.5 Å². The number of aromatic carboxylic acids is 1. The summed E-state index contributed by atoms with van der Waals surface area (Å²) in [5, 5.41) is 13.5. The highest BCUT2D eigenvalue weighted by molar-refractivity contribution is 5.89. The van der Waals surface area contributed by atoms with Gasteiger partial charge in [-0.3, -0.25) is 4.90 Å². The van der Waals surface area contributed by atoms with E-state index in [9.17, 15) is 4.79 Å². The molecular formula is C31H45N3O3. The van der Waals surface area contributed by atoms with Gasteiger partial charge in [-0.25, -0.2) is 4.79 Å². The number of likely N-dealkylation sites (tertiary alicyclic amines) is 1. The minimum absolute atomic E-state index is 0.337. The monoisotopic (exact) mass is 507 g/mol. The maximum Gasteiger partial charge on any atom is 0.335 e. The highest BCUT2D eigenvalue weighted by Gasteiger charge is 2.35. The van der Waals surface area contributed by atoms with Crippen molar-refractivity contribution < 1.29 is 14.6 Å². The minimum Gasteiger partial charge on any atom is -0.496 e. The topological polar surface area (TPSA) is 77.6 Å². The number of nitrogens with zero attached hydrogens (tertiary/aromatic N) is 1. The summed E-state index contributed by atoms with van der Waals surface area (Å²) >= 11 is 0. The van der Waals surface area contributed by atoms with Gasteiger partial charge in [0.05, 0.1) is 12.7 Å². The molecule has 3 aromatic rings. The number of piperidine rings is 1. The van der Waals surface area contributed by atoms with Crippen molar-refractivity contribution in [1.29, 1.82) is 0 Å². The van der Waals surface area contributed by atoms with Crippen LogP contribution in [0.2, 0.25) is 0 Å². The Kier molecular flexibility index (Phi) is 10.0. The minimum atomic E-state index is -0.877. The molecule has 2 aromatic carbocycles. The number of anilines is 1. The van der Waals surface area contributed by atoms with Crippen LogP contribution in [0.4, 0.5) is 5.69 Å². The van der Waals surface area contributed by atoms with Gasteiger partial charge in [-0.05, 0) is 87.0 Å². The molecule has 6 nitrogen and oxygen atoms in total. The number of hydrogen-bond acceptors (Lipinski definition) is 4. The highest BCUT2D eigenvalue weighted by atomic mass is 16.5. The van der Waals surface area contributed by atoms with Crippen LogP contribution in [0.3, 0.4) is 0 Å². The van der Waals surface area contributed by atoms with E-state index in [1.165, 1.54) is 54.4 Å². The fraction of sp³-hybridized carbons (Fsp3) is 0.516. The van der Waals surface area contributed by atoms with Crippen LogP contribution >= 0.6 is 0 Å². The Morgan fingerprint density at radius 2 is 1.84 bits per heavy atom. The quantitative estimate of drug-likeness (QED) is 0.322. The molecule has 0 spiro atoms. The number of hydrogen-bond donors (Lipinski definition) is 3. The number of H-pyrrole nitrogens is 1. The molecule has 202 valence electrons. The molecule has 37 heavy (non-hydrogen) atoms. The third kappa shape index (κ3) is 7.51. The molecule has 2 fully saturated rings. The van der Waals surface area contributed by atoms with E-state index in [2.05, 4.69) is 48.1 Å². The normalized spacial score (nSPS) is 17.0. The smallest absolute Gasteiger partial charge is 0.335 e. The van der Waals surface area contributed by atoms with Gasteiger partial charge < -0.3 is 20.1 Å². The first-order chi connectivity index (χ1) is 17.8. The zero-order valence-corrected chi connectivity index (χ0v) is 23.5. The maximum absolute atomic E-state index is 10.8. The SMILES string of the molecule is CC.CC1(C)CC(Nc2cccc(C(=O)O)c2)C1.COc1cc(C)c2[nH]ccc2c1CN1CCCCC1. The summed E-state index contributed by atoms with van der Waals surface area (Å²) in [5.74, 6) is 0.146. The van der Waals surface area contributed by atoms with Gasteiger partial charge >= 0.3 is 5.97 Å². The number of carboxylic acids is 1. The zero-order chi connectivity index (χ0) is 27.0. The van der Waals surface area contributed by atoms with E-state index in [4.69, 9.17) is 9.84 Å². The first kappa shape index (κ1) is 28.6. The van der Waals surface area contributed by atoms with Crippen LogP contribution < -0.4 is 10.1 Å². The Labute approximate surface area is 222 Å². The predicted octanol–water partition coefficient (Wildman–Crippen LogP) is 7.48. The summed E-state index contributed by atoms with van der Waals surface area (Å²) in [6.45, 7) is 14.0. The molecule has 0 radical (unpaired) electrons. The molecule has 1 aliphatic carbocycles. The number of benzene rings is 2. The van der Waals surface area contributed by atoms with E-state index in [0.29, 0.717) is 17.0 Å². The average molecular weight is 508 g/mol. The van der Waals surface area contributed by atoms with E-state index in [-0.39, 0.29) is 0 Å². The molecule has 5 rings (SSSR count). The summed E-state index contributed by atoms with van der Waals surface area (Å²) in [5.41, 5.74) is 5.49. The fourth-order valence-electron chi connectivity index (χ4n) is 5.48. The lowest BCUT2D eigenvalue weighted by Gasteiger charge is -2.43. The van der Waals surface area contributed by atoms with Gasteiger partial charge in [-0.15, -0.1) is 0 Å². The number of aromatic amines is 1. The summed E-state index contributed by atoms with van der Waals surface area (Å²) < 4.78 is 5.60. The molecule has 1 aromatic heterocycles. The van der Waals surface area contributed by atoms with Crippen LogP contribution in [0.1, 0.15) is 81.3 Å². The Morgan fingerprint density at radius 1 is 1.14 bits per heavy atom. The number of nitrogens with one attached hydrogen (secondary N) is 2. The van der Waals surface area contributed by atoms with E-state index in [1.807, 2.05) is 26.1 Å². The van der Waals surface area contributed by atoms with E-state index in [1.54, 1.807) is 25.3 Å². The second kappa shape index (κ2) is 13.0. The van der Waals surface area contributed by atoms with Gasteiger partial charge in [0, 0.05) is 40.9 Å². The van der Waals surface area contributed by atoms with Crippen molar-refractivity contribution in [2.45, 2.75) is 79.3 Å². The molecule has 2 heterocycles. The molecule has 0 bridgehead atoms. The van der Waals surface area contributed by atoms with E-state index >= 15 is 0 Å². The van der Waals surface area contributed by atoms with Crippen molar-refractivity contribution in [3.05, 3.63) is 59.3 Å². The number of aromatic nitrogens is 1. The maximum atomic E-state index is 10.8. The molecule has 1 aliphatic heterocycles. The number of aryl methyl sites for hydroxylation is 1. The average Bonchev–Trinajstić information content (AvgIpc) is 3.38. The summed E-state index contributed by atoms with van der Waals surface area (Å²) in [6, 6.07) is 11.8. The van der Waals surface area contributed by atoms with Crippen LogP contribution in [0, 0.1) is 12.3 Å². The number of ether oxygens (including phenoxy) is 1. The van der Waals surface area contributed by atoms with E-state index in [0.717, 1.165) is 30.8 Å². The summed E-state index contributed by atoms with van der Waals surface area (Å²) in [4.78, 5) is 16.7. The lowest BCUT2D eigenvalue weighted by Crippen LogP contribution is -2.41. The van der Waals surface area contributed by atoms with Gasteiger partial charge in [0.15, 0.2) is 0 Å².